The summed E-state index contributed by atoms with van der Waals surface area (Å²) in [5.74, 6) is -0.757. The summed E-state index contributed by atoms with van der Waals surface area (Å²) in [6, 6.07) is 22.8. The highest BCUT2D eigenvalue weighted by Crippen LogP contribution is 2.44. The summed E-state index contributed by atoms with van der Waals surface area (Å²) >= 11 is 6.13. The summed E-state index contributed by atoms with van der Waals surface area (Å²) < 4.78 is 49.8. The van der Waals surface area contributed by atoms with Crippen molar-refractivity contribution in [1.82, 2.24) is 15.0 Å². The van der Waals surface area contributed by atoms with E-state index in [0.29, 0.717) is 23.1 Å². The van der Waals surface area contributed by atoms with Gasteiger partial charge in [0.2, 0.25) is 21.8 Å². The van der Waals surface area contributed by atoms with Crippen molar-refractivity contribution in [3.63, 3.8) is 0 Å². The van der Waals surface area contributed by atoms with E-state index in [1.54, 1.807) is 48.7 Å². The number of aromatic nitrogens is 1. The number of rotatable bonds is 17. The van der Waals surface area contributed by atoms with E-state index in [2.05, 4.69) is 20.3 Å². The van der Waals surface area contributed by atoms with Crippen LogP contribution >= 0.6 is 11.6 Å². The number of hydrogen-bond acceptors (Lipinski definition) is 7. The second-order valence-electron chi connectivity index (χ2n) is 12.2. The van der Waals surface area contributed by atoms with E-state index in [4.69, 9.17) is 16.3 Å². The molecular formula is C36H40ClFN4O5S. The molecule has 12 heteroatoms. The molecule has 3 aromatic carbocycles. The number of aliphatic hydroxyl groups excluding tert-OH is 1. The first-order valence-electron chi connectivity index (χ1n) is 15.8. The Balaban J connectivity index is 1.32. The summed E-state index contributed by atoms with van der Waals surface area (Å²) in [6.07, 6.45) is 3.92. The number of pyridine rings is 1. The van der Waals surface area contributed by atoms with Crippen LogP contribution in [0, 0.1) is 11.2 Å². The minimum atomic E-state index is -3.86. The molecule has 0 saturated heterocycles. The lowest BCUT2D eigenvalue weighted by atomic mass is 9.89. The summed E-state index contributed by atoms with van der Waals surface area (Å²) in [7, 11) is -2.33. The van der Waals surface area contributed by atoms with Gasteiger partial charge in [-0.25, -0.2) is 22.5 Å². The van der Waals surface area contributed by atoms with E-state index in [1.807, 2.05) is 18.2 Å². The smallest absolute Gasteiger partial charge is 0.240 e. The first-order chi connectivity index (χ1) is 23.1. The Bertz CT molecular complexity index is 1770. The molecule has 1 aliphatic rings. The molecule has 2 atom stereocenters. The third-order valence-corrected chi connectivity index (χ3v) is 10.5. The zero-order chi connectivity index (χ0) is 34.1. The maximum absolute atomic E-state index is 15.4. The number of hydrogen-bond donors (Lipinski definition) is 4. The lowest BCUT2D eigenvalue weighted by molar-refractivity contribution is -0.116. The van der Waals surface area contributed by atoms with E-state index >= 15 is 4.39 Å². The number of amides is 1. The minimum Gasteiger partial charge on any atom is -0.481 e. The quantitative estimate of drug-likeness (QED) is 0.112. The van der Waals surface area contributed by atoms with Crippen molar-refractivity contribution < 1.29 is 27.4 Å². The minimum absolute atomic E-state index is 0.0433. The highest BCUT2D eigenvalue weighted by atomic mass is 35.5. The van der Waals surface area contributed by atoms with E-state index < -0.39 is 21.9 Å². The fraction of sp³-hybridized carbons (Fsp3) is 0.333. The molecule has 0 spiro atoms. The van der Waals surface area contributed by atoms with E-state index in [1.165, 1.54) is 31.4 Å². The normalized spacial score (nSPS) is 15.0. The van der Waals surface area contributed by atoms with Crippen LogP contribution in [-0.2, 0) is 21.2 Å². The lowest BCUT2D eigenvalue weighted by Crippen LogP contribution is -2.43. The molecule has 48 heavy (non-hydrogen) atoms. The second kappa shape index (κ2) is 16.0. The van der Waals surface area contributed by atoms with Gasteiger partial charge in [-0.3, -0.25) is 4.79 Å². The topological polar surface area (TPSA) is 130 Å². The zero-order valence-electron chi connectivity index (χ0n) is 26.7. The van der Waals surface area contributed by atoms with Crippen LogP contribution in [0.2, 0.25) is 5.02 Å². The molecule has 0 bridgehead atoms. The first-order valence-corrected chi connectivity index (χ1v) is 17.7. The maximum Gasteiger partial charge on any atom is 0.240 e. The third-order valence-electron chi connectivity index (χ3n) is 8.73. The monoisotopic (exact) mass is 694 g/mol. The predicted molar refractivity (Wildman–Crippen MR) is 184 cm³/mol. The number of ether oxygens (including phenoxy) is 1. The fourth-order valence-electron chi connectivity index (χ4n) is 5.65. The molecular weight excluding hydrogens is 655 g/mol. The zero-order valence-corrected chi connectivity index (χ0v) is 28.2. The average molecular weight is 695 g/mol. The van der Waals surface area contributed by atoms with Gasteiger partial charge in [-0.15, -0.1) is 0 Å². The molecule has 4 N–H and O–H groups in total. The number of nitrogens with zero attached hydrogens (tertiary/aromatic N) is 1. The van der Waals surface area contributed by atoms with Gasteiger partial charge in [0.25, 0.3) is 0 Å². The Labute approximate surface area is 286 Å². The summed E-state index contributed by atoms with van der Waals surface area (Å²) in [6.45, 7) is 0.891. The van der Waals surface area contributed by atoms with Gasteiger partial charge < -0.3 is 20.5 Å². The Morgan fingerprint density at radius 3 is 2.40 bits per heavy atom. The molecule has 1 aliphatic carbocycles. The molecule has 4 aromatic rings. The molecule has 0 unspecified atom stereocenters. The average Bonchev–Trinajstić information content (AvgIpc) is 3.88. The van der Waals surface area contributed by atoms with Crippen LogP contribution in [0.5, 0.6) is 5.88 Å². The van der Waals surface area contributed by atoms with Gasteiger partial charge in [0, 0.05) is 72.0 Å². The van der Waals surface area contributed by atoms with Gasteiger partial charge in [0.15, 0.2) is 0 Å². The van der Waals surface area contributed by atoms with Crippen LogP contribution < -0.4 is 20.1 Å². The molecule has 5 rings (SSSR count). The van der Waals surface area contributed by atoms with E-state index in [9.17, 15) is 18.3 Å². The maximum atomic E-state index is 15.4. The van der Waals surface area contributed by atoms with Crippen molar-refractivity contribution in [2.75, 3.05) is 32.1 Å². The fourth-order valence-corrected chi connectivity index (χ4v) is 7.06. The molecule has 1 amide bonds. The summed E-state index contributed by atoms with van der Waals surface area (Å²) in [5.41, 5.74) is 2.08. The van der Waals surface area contributed by atoms with Crippen LogP contribution in [0.3, 0.4) is 0 Å². The molecule has 1 saturated carbocycles. The molecule has 9 nitrogen and oxygen atoms in total. The van der Waals surface area contributed by atoms with Crippen molar-refractivity contribution in [2.45, 2.75) is 49.0 Å². The number of sulfonamides is 1. The molecule has 1 heterocycles. The van der Waals surface area contributed by atoms with Crippen LogP contribution in [0.25, 0.3) is 0 Å². The number of benzene rings is 3. The SMILES string of the molecule is COc1ccc([C@@H](CC(=O)Nc2cccc(F)c2CC[C@@H](CNCC2(CO)CC2)NS(=O)(=O)c2ccccc2)c2ccc(Cl)cc2)cn1. The largest absolute Gasteiger partial charge is 0.481 e. The number of carbonyl (C=O) groups excluding carboxylic acids is 1. The molecule has 254 valence electrons. The number of methoxy groups -OCH3 is 1. The van der Waals surface area contributed by atoms with Gasteiger partial charge in [0.1, 0.15) is 5.82 Å². The Kier molecular flexibility index (Phi) is 11.8. The van der Waals surface area contributed by atoms with Gasteiger partial charge in [-0.2, -0.15) is 0 Å². The van der Waals surface area contributed by atoms with Crippen LogP contribution in [-0.4, -0.2) is 57.3 Å². The van der Waals surface area contributed by atoms with Crippen LogP contribution in [0.4, 0.5) is 10.1 Å². The molecule has 1 aromatic heterocycles. The van der Waals surface area contributed by atoms with Gasteiger partial charge >= 0.3 is 0 Å². The van der Waals surface area contributed by atoms with Crippen molar-refractivity contribution >= 4 is 33.2 Å². The molecule has 1 fully saturated rings. The number of carbonyl (C=O) groups is 1. The Morgan fingerprint density at radius 1 is 1.02 bits per heavy atom. The predicted octanol–water partition coefficient (Wildman–Crippen LogP) is 5.69. The van der Waals surface area contributed by atoms with Crippen molar-refractivity contribution in [2.24, 2.45) is 5.41 Å². The third kappa shape index (κ3) is 9.39. The highest BCUT2D eigenvalue weighted by molar-refractivity contribution is 7.89. The van der Waals surface area contributed by atoms with E-state index in [0.717, 1.165) is 24.0 Å². The second-order valence-corrected chi connectivity index (χ2v) is 14.4. The van der Waals surface area contributed by atoms with Gasteiger partial charge in [0.05, 0.1) is 12.0 Å². The number of aliphatic hydroxyl groups is 1. The van der Waals surface area contributed by atoms with Crippen molar-refractivity contribution in [3.05, 3.63) is 119 Å². The number of anilines is 1. The number of halogens is 2. The highest BCUT2D eigenvalue weighted by Gasteiger charge is 2.41. The van der Waals surface area contributed by atoms with Crippen LogP contribution in [0.15, 0.2) is 96.0 Å². The standard InChI is InChI=1S/C36H40ClFN4O5S/c1-47-35-17-12-26(21-40-35)31(25-10-13-27(37)14-11-25)20-34(44)41-33-9-5-8-32(38)30(33)16-15-28(22-39-23-36(24-43)18-19-36)42-48(45,46)29-6-3-2-4-7-29/h2-14,17,21,28,31,39,42-43H,15-16,18-20,22-24H2,1H3,(H,41,44)/t28-,31-/m0/s1. The van der Waals surface area contributed by atoms with Crippen molar-refractivity contribution in [3.8, 4) is 5.88 Å². The Hall–Kier alpha value is -3.87. The van der Waals surface area contributed by atoms with Gasteiger partial charge in [-0.05, 0) is 73.2 Å². The van der Waals surface area contributed by atoms with Crippen LogP contribution in [0.1, 0.15) is 48.3 Å². The first kappa shape index (κ1) is 35.4. The summed E-state index contributed by atoms with van der Waals surface area (Å²) in [5, 5.41) is 16.5. The lowest BCUT2D eigenvalue weighted by Gasteiger charge is -2.22. The molecule has 0 radical (unpaired) electrons. The van der Waals surface area contributed by atoms with Gasteiger partial charge in [-0.1, -0.05) is 54.1 Å². The molecule has 0 aliphatic heterocycles. The van der Waals surface area contributed by atoms with Crippen molar-refractivity contribution in [1.29, 1.82) is 0 Å². The number of nitrogens with one attached hydrogen (secondary N) is 3. The summed E-state index contributed by atoms with van der Waals surface area (Å²) in [4.78, 5) is 18.0. The Morgan fingerprint density at radius 2 is 1.75 bits per heavy atom. The van der Waals surface area contributed by atoms with E-state index in [-0.39, 0.29) is 60.1 Å².